The Bertz CT molecular complexity index is 329. The summed E-state index contributed by atoms with van der Waals surface area (Å²) in [5.74, 6) is -0.533. The van der Waals surface area contributed by atoms with Crippen LogP contribution in [0.1, 0.15) is 29.5 Å². The monoisotopic (exact) mass is 182 g/mol. The minimum Gasteiger partial charge on any atom is -0.395 e. The highest BCUT2D eigenvalue weighted by Gasteiger charge is 2.16. The summed E-state index contributed by atoms with van der Waals surface area (Å²) in [6.45, 7) is 2.03. The molecule has 0 aliphatic heterocycles. The van der Waals surface area contributed by atoms with Gasteiger partial charge in [-0.05, 0) is 6.42 Å². The zero-order valence-electron chi connectivity index (χ0n) is 7.87. The van der Waals surface area contributed by atoms with Crippen LogP contribution in [0.5, 0.6) is 0 Å². The quantitative estimate of drug-likeness (QED) is 0.692. The topological polar surface area (TPSA) is 86.9 Å². The van der Waals surface area contributed by atoms with Crippen molar-refractivity contribution in [3.63, 3.8) is 0 Å². The Morgan fingerprint density at radius 1 is 1.62 bits per heavy atom. The van der Waals surface area contributed by atoms with E-state index in [2.05, 4.69) is 5.10 Å². The fraction of sp³-hybridized carbons (Fsp3) is 0.500. The van der Waals surface area contributed by atoms with Crippen molar-refractivity contribution >= 4 is 11.6 Å². The Balaban J connectivity index is 3.14. The van der Waals surface area contributed by atoms with Gasteiger partial charge in [-0.15, -0.1) is 0 Å². The van der Waals surface area contributed by atoms with Crippen LogP contribution in [0, 0.1) is 0 Å². The van der Waals surface area contributed by atoms with E-state index in [4.69, 9.17) is 11.5 Å². The summed E-state index contributed by atoms with van der Waals surface area (Å²) in [5.41, 5.74) is 12.3. The SMILES string of the molecule is CCCc1nn(C)c(C(N)=O)c1N. The number of nitrogen functional groups attached to an aromatic ring is 1. The number of hydrogen-bond donors (Lipinski definition) is 2. The predicted molar refractivity (Wildman–Crippen MR) is 50.1 cm³/mol. The predicted octanol–water partition coefficient (Wildman–Crippen LogP) is 0.0537. The lowest BCUT2D eigenvalue weighted by Gasteiger charge is -1.96. The molecule has 0 fully saturated rings. The lowest BCUT2D eigenvalue weighted by atomic mass is 10.2. The molecule has 0 atom stereocenters. The van der Waals surface area contributed by atoms with Gasteiger partial charge in [0.25, 0.3) is 5.91 Å². The van der Waals surface area contributed by atoms with E-state index < -0.39 is 5.91 Å². The number of nitrogens with two attached hydrogens (primary N) is 2. The summed E-state index contributed by atoms with van der Waals surface area (Å²) in [5, 5.41) is 4.11. The van der Waals surface area contributed by atoms with Crippen molar-refractivity contribution in [2.24, 2.45) is 12.8 Å². The largest absolute Gasteiger partial charge is 0.395 e. The van der Waals surface area contributed by atoms with Gasteiger partial charge in [0, 0.05) is 7.05 Å². The maximum Gasteiger partial charge on any atom is 0.269 e. The average Bonchev–Trinajstić information content (AvgIpc) is 2.28. The summed E-state index contributed by atoms with van der Waals surface area (Å²) in [6.07, 6.45) is 1.71. The minimum absolute atomic E-state index is 0.295. The van der Waals surface area contributed by atoms with Gasteiger partial charge in [0.05, 0.1) is 11.4 Å². The van der Waals surface area contributed by atoms with Crippen molar-refractivity contribution in [2.45, 2.75) is 19.8 Å². The van der Waals surface area contributed by atoms with Crippen LogP contribution in [-0.4, -0.2) is 15.7 Å². The Labute approximate surface area is 76.7 Å². The Kier molecular flexibility index (Phi) is 2.55. The molecule has 1 heterocycles. The molecule has 13 heavy (non-hydrogen) atoms. The maximum absolute atomic E-state index is 10.9. The third-order valence-electron chi connectivity index (χ3n) is 1.88. The summed E-state index contributed by atoms with van der Waals surface area (Å²) in [6, 6.07) is 0. The van der Waals surface area contributed by atoms with Crippen molar-refractivity contribution < 1.29 is 4.79 Å². The van der Waals surface area contributed by atoms with Crippen molar-refractivity contribution in [3.05, 3.63) is 11.4 Å². The van der Waals surface area contributed by atoms with E-state index in [9.17, 15) is 4.79 Å². The molecule has 72 valence electrons. The molecule has 5 heteroatoms. The molecule has 0 spiro atoms. The fourth-order valence-corrected chi connectivity index (χ4v) is 1.31. The highest BCUT2D eigenvalue weighted by molar-refractivity contribution is 5.96. The summed E-state index contributed by atoms with van der Waals surface area (Å²) >= 11 is 0. The number of aryl methyl sites for hydroxylation is 2. The molecule has 1 aromatic rings. The molecule has 1 aromatic heterocycles. The summed E-state index contributed by atoms with van der Waals surface area (Å²) < 4.78 is 1.43. The number of rotatable bonds is 3. The van der Waals surface area contributed by atoms with E-state index >= 15 is 0 Å². The Morgan fingerprint density at radius 3 is 2.62 bits per heavy atom. The average molecular weight is 182 g/mol. The van der Waals surface area contributed by atoms with Gasteiger partial charge in [-0.2, -0.15) is 5.10 Å². The van der Waals surface area contributed by atoms with Gasteiger partial charge in [-0.3, -0.25) is 9.48 Å². The molecule has 0 aromatic carbocycles. The molecule has 0 aliphatic carbocycles. The van der Waals surface area contributed by atoms with E-state index in [0.717, 1.165) is 18.5 Å². The van der Waals surface area contributed by atoms with E-state index in [1.165, 1.54) is 4.68 Å². The van der Waals surface area contributed by atoms with Gasteiger partial charge in [-0.1, -0.05) is 13.3 Å². The van der Waals surface area contributed by atoms with Gasteiger partial charge in [-0.25, -0.2) is 0 Å². The first-order valence-corrected chi connectivity index (χ1v) is 4.19. The van der Waals surface area contributed by atoms with Crippen LogP contribution >= 0.6 is 0 Å². The van der Waals surface area contributed by atoms with Crippen LogP contribution in [0.2, 0.25) is 0 Å². The Hall–Kier alpha value is -1.52. The van der Waals surface area contributed by atoms with E-state index in [-0.39, 0.29) is 0 Å². The van der Waals surface area contributed by atoms with Crippen LogP contribution in [-0.2, 0) is 13.5 Å². The third kappa shape index (κ3) is 1.63. The number of aromatic nitrogens is 2. The molecule has 0 radical (unpaired) electrons. The van der Waals surface area contributed by atoms with Crippen molar-refractivity contribution in [2.75, 3.05) is 5.73 Å². The van der Waals surface area contributed by atoms with Crippen LogP contribution in [0.4, 0.5) is 5.69 Å². The van der Waals surface area contributed by atoms with Crippen LogP contribution < -0.4 is 11.5 Å². The zero-order chi connectivity index (χ0) is 10.0. The number of hydrogen-bond acceptors (Lipinski definition) is 3. The number of amides is 1. The third-order valence-corrected chi connectivity index (χ3v) is 1.88. The lowest BCUT2D eigenvalue weighted by Crippen LogP contribution is -2.17. The Morgan fingerprint density at radius 2 is 2.23 bits per heavy atom. The fourth-order valence-electron chi connectivity index (χ4n) is 1.31. The van der Waals surface area contributed by atoms with Crippen molar-refractivity contribution in [1.82, 2.24) is 9.78 Å². The molecule has 0 saturated heterocycles. The molecule has 0 aliphatic rings. The number of nitrogens with zero attached hydrogens (tertiary/aromatic N) is 2. The van der Waals surface area contributed by atoms with Gasteiger partial charge in [0.15, 0.2) is 0 Å². The van der Waals surface area contributed by atoms with Crippen LogP contribution in [0.15, 0.2) is 0 Å². The van der Waals surface area contributed by atoms with Gasteiger partial charge in [0.1, 0.15) is 5.69 Å². The maximum atomic E-state index is 10.9. The number of carbonyl (C=O) groups is 1. The highest BCUT2D eigenvalue weighted by atomic mass is 16.1. The standard InChI is InChI=1S/C8H14N4O/c1-3-4-5-6(9)7(8(10)13)12(2)11-5/h3-4,9H2,1-2H3,(H2,10,13). The van der Waals surface area contributed by atoms with Crippen LogP contribution in [0.3, 0.4) is 0 Å². The first kappa shape index (κ1) is 9.57. The first-order valence-electron chi connectivity index (χ1n) is 4.19. The minimum atomic E-state index is -0.533. The highest BCUT2D eigenvalue weighted by Crippen LogP contribution is 2.16. The lowest BCUT2D eigenvalue weighted by molar-refractivity contribution is 0.0992. The number of anilines is 1. The van der Waals surface area contributed by atoms with E-state index in [1.54, 1.807) is 7.05 Å². The van der Waals surface area contributed by atoms with Gasteiger partial charge < -0.3 is 11.5 Å². The smallest absolute Gasteiger partial charge is 0.269 e. The van der Waals surface area contributed by atoms with Crippen molar-refractivity contribution in [1.29, 1.82) is 0 Å². The van der Waals surface area contributed by atoms with Gasteiger partial charge in [0.2, 0.25) is 0 Å². The molecule has 1 amide bonds. The normalized spacial score (nSPS) is 10.3. The van der Waals surface area contributed by atoms with Crippen LogP contribution in [0.25, 0.3) is 0 Å². The van der Waals surface area contributed by atoms with Gasteiger partial charge >= 0.3 is 0 Å². The molecule has 0 unspecified atom stereocenters. The van der Waals surface area contributed by atoms with E-state index in [0.29, 0.717) is 11.4 Å². The second kappa shape index (κ2) is 3.47. The van der Waals surface area contributed by atoms with Crippen molar-refractivity contribution in [3.8, 4) is 0 Å². The molecule has 0 saturated carbocycles. The molecule has 1 rings (SSSR count). The summed E-state index contributed by atoms with van der Waals surface area (Å²) in [7, 11) is 1.66. The summed E-state index contributed by atoms with van der Waals surface area (Å²) in [4.78, 5) is 10.9. The first-order chi connectivity index (χ1) is 6.07. The molecular formula is C8H14N4O. The molecule has 0 bridgehead atoms. The molecular weight excluding hydrogens is 168 g/mol. The zero-order valence-corrected chi connectivity index (χ0v) is 7.87. The molecule has 5 nitrogen and oxygen atoms in total. The number of carbonyl (C=O) groups excluding carboxylic acids is 1. The molecule has 4 N–H and O–H groups in total. The second-order valence-corrected chi connectivity index (χ2v) is 2.95. The second-order valence-electron chi connectivity index (χ2n) is 2.95. The number of primary amides is 1. The van der Waals surface area contributed by atoms with E-state index in [1.807, 2.05) is 6.92 Å².